The first-order chi connectivity index (χ1) is 16.1. The van der Waals surface area contributed by atoms with Crippen molar-refractivity contribution in [1.82, 2.24) is 19.9 Å². The van der Waals surface area contributed by atoms with E-state index in [-0.39, 0.29) is 22.1 Å². The van der Waals surface area contributed by atoms with E-state index >= 15 is 4.39 Å². The normalized spacial score (nSPS) is 12.6. The van der Waals surface area contributed by atoms with Crippen LogP contribution in [-0.4, -0.2) is 38.1 Å². The van der Waals surface area contributed by atoms with Crippen molar-refractivity contribution < 1.29 is 27.5 Å². The van der Waals surface area contributed by atoms with Crippen molar-refractivity contribution in [2.24, 2.45) is 0 Å². The molecule has 0 radical (unpaired) electrons. The molecule has 1 unspecified atom stereocenters. The zero-order valence-corrected chi connectivity index (χ0v) is 17.9. The van der Waals surface area contributed by atoms with E-state index < -0.39 is 41.7 Å². The van der Waals surface area contributed by atoms with Crippen molar-refractivity contribution in [3.05, 3.63) is 82.5 Å². The van der Waals surface area contributed by atoms with E-state index in [1.165, 1.54) is 35.0 Å². The summed E-state index contributed by atoms with van der Waals surface area (Å²) in [5, 5.41) is 15.5. The van der Waals surface area contributed by atoms with Crippen LogP contribution in [0.15, 0.2) is 54.7 Å². The van der Waals surface area contributed by atoms with Gasteiger partial charge in [-0.25, -0.2) is 22.1 Å². The van der Waals surface area contributed by atoms with Crippen LogP contribution in [0, 0.1) is 11.6 Å². The zero-order chi connectivity index (χ0) is 24.6. The monoisotopic (exact) mass is 493 g/mol. The third-order valence-corrected chi connectivity index (χ3v) is 5.37. The molecule has 34 heavy (non-hydrogen) atoms. The average molecular weight is 494 g/mol. The minimum Gasteiger partial charge on any atom is -0.382 e. The zero-order valence-electron chi connectivity index (χ0n) is 17.1. The molecule has 0 spiro atoms. The van der Waals surface area contributed by atoms with Gasteiger partial charge in [0.1, 0.15) is 17.7 Å². The van der Waals surface area contributed by atoms with Gasteiger partial charge in [-0.2, -0.15) is 4.98 Å². The summed E-state index contributed by atoms with van der Waals surface area (Å²) in [5.74, 6) is -6.73. The van der Waals surface area contributed by atoms with Crippen LogP contribution in [0.4, 0.5) is 23.5 Å². The largest absolute Gasteiger partial charge is 0.382 e. The van der Waals surface area contributed by atoms with Crippen molar-refractivity contribution in [1.29, 1.82) is 0 Å². The molecular formula is C22H16ClF4N5O2. The van der Waals surface area contributed by atoms with Crippen LogP contribution in [0.5, 0.6) is 0 Å². The lowest BCUT2D eigenvalue weighted by atomic mass is 10.0. The number of hydrogen-bond acceptors (Lipinski definition) is 5. The number of alkyl halides is 2. The first-order valence-electron chi connectivity index (χ1n) is 9.76. The van der Waals surface area contributed by atoms with Gasteiger partial charge in [0.2, 0.25) is 5.95 Å². The Labute approximate surface area is 194 Å². The topological polar surface area (TPSA) is 106 Å². The Bertz CT molecular complexity index is 1380. The van der Waals surface area contributed by atoms with Crippen molar-refractivity contribution in [2.45, 2.75) is 12.0 Å². The summed E-state index contributed by atoms with van der Waals surface area (Å²) in [6.07, 6.45) is -0.846. The fraction of sp³-hybridized carbons (Fsp3) is 0.136. The van der Waals surface area contributed by atoms with Gasteiger partial charge in [0, 0.05) is 11.8 Å². The summed E-state index contributed by atoms with van der Waals surface area (Å²) in [6, 6.07) is 9.38. The number of nitrogens with zero attached hydrogens (tertiary/aromatic N) is 3. The number of nitrogens with one attached hydrogen (secondary N) is 1. The Hall–Kier alpha value is -3.70. The predicted octanol–water partition coefficient (Wildman–Crippen LogP) is 4.01. The lowest BCUT2D eigenvalue weighted by Crippen LogP contribution is -2.41. The number of rotatable bonds is 6. The maximum atomic E-state index is 15.3. The lowest BCUT2D eigenvalue weighted by Gasteiger charge is -2.23. The molecule has 2 aromatic carbocycles. The Morgan fingerprint density at radius 3 is 2.59 bits per heavy atom. The molecule has 4 rings (SSSR count). The number of aliphatic hydroxyl groups excluding tert-OH is 1. The van der Waals surface area contributed by atoms with Crippen LogP contribution < -0.4 is 11.1 Å². The molecule has 1 atom stereocenters. The molecule has 0 aliphatic rings. The van der Waals surface area contributed by atoms with Gasteiger partial charge in [0.05, 0.1) is 17.1 Å². The van der Waals surface area contributed by atoms with Crippen molar-refractivity contribution in [2.75, 3.05) is 12.3 Å². The smallest absolute Gasteiger partial charge is 0.294 e. The maximum absolute atomic E-state index is 15.3. The molecule has 0 fully saturated rings. The summed E-state index contributed by atoms with van der Waals surface area (Å²) in [7, 11) is 0. The predicted molar refractivity (Wildman–Crippen MR) is 116 cm³/mol. The van der Waals surface area contributed by atoms with Gasteiger partial charge in [-0.1, -0.05) is 23.7 Å². The number of benzene rings is 2. The highest BCUT2D eigenvalue weighted by molar-refractivity contribution is 6.34. The number of aliphatic hydroxyl groups is 1. The number of nitrogens with two attached hydrogens (primary N) is 1. The summed E-state index contributed by atoms with van der Waals surface area (Å²) in [5.41, 5.74) is 5.26. The summed E-state index contributed by atoms with van der Waals surface area (Å²) < 4.78 is 58.6. The van der Waals surface area contributed by atoms with Crippen LogP contribution in [0.2, 0.25) is 5.02 Å². The first kappa shape index (κ1) is 23.5. The Kier molecular flexibility index (Phi) is 6.15. The molecular weight excluding hydrogens is 478 g/mol. The third kappa shape index (κ3) is 4.52. The van der Waals surface area contributed by atoms with Gasteiger partial charge in [-0.15, -0.1) is 5.10 Å². The second-order valence-electron chi connectivity index (χ2n) is 7.37. The molecule has 2 heterocycles. The van der Waals surface area contributed by atoms with Crippen LogP contribution >= 0.6 is 11.6 Å². The van der Waals surface area contributed by atoms with Crippen molar-refractivity contribution >= 4 is 29.1 Å². The molecule has 7 nitrogen and oxygen atoms in total. The number of fused-ring (bicyclic) bond motifs is 1. The minimum absolute atomic E-state index is 0.0116. The number of halogens is 5. The fourth-order valence-electron chi connectivity index (χ4n) is 3.32. The Morgan fingerprint density at radius 2 is 1.88 bits per heavy atom. The molecule has 0 saturated carbocycles. The highest BCUT2D eigenvalue weighted by atomic mass is 35.5. The number of amides is 1. The number of hydrogen-bond donors (Lipinski definition) is 3. The van der Waals surface area contributed by atoms with E-state index in [2.05, 4.69) is 10.1 Å². The highest BCUT2D eigenvalue weighted by Gasteiger charge is 2.40. The van der Waals surface area contributed by atoms with E-state index in [9.17, 15) is 23.1 Å². The molecule has 12 heteroatoms. The summed E-state index contributed by atoms with van der Waals surface area (Å²) in [6.45, 7) is -1.32. The van der Waals surface area contributed by atoms with Gasteiger partial charge in [-0.3, -0.25) is 4.79 Å². The van der Waals surface area contributed by atoms with Crippen LogP contribution in [0.1, 0.15) is 22.0 Å². The maximum Gasteiger partial charge on any atom is 0.294 e. The number of nitrogen functional groups attached to an aromatic ring is 1. The quantitative estimate of drug-likeness (QED) is 0.352. The van der Waals surface area contributed by atoms with Crippen molar-refractivity contribution in [3.63, 3.8) is 0 Å². The molecule has 0 bridgehead atoms. The van der Waals surface area contributed by atoms with Crippen LogP contribution in [0.3, 0.4) is 0 Å². The molecule has 2 aromatic heterocycles. The van der Waals surface area contributed by atoms with E-state index in [0.29, 0.717) is 11.2 Å². The standard InChI is InChI=1S/C22H16ClF4N5O2/c23-15-6-5-14(12-7-8-32-16(9-12)30-21(28)31-32)18(25)17(15)20(34)29-10-22(26,27)19(33)11-1-3-13(24)4-2-11/h1-9,19,33H,10H2,(H2,28,31)(H,29,34). The summed E-state index contributed by atoms with van der Waals surface area (Å²) in [4.78, 5) is 16.6. The SMILES string of the molecule is Nc1nc2cc(-c3ccc(Cl)c(C(=O)NCC(F)(F)C(O)c4ccc(F)cc4)c3F)ccn2n1. The second-order valence-corrected chi connectivity index (χ2v) is 7.78. The Balaban J connectivity index is 1.57. The molecule has 4 N–H and O–H groups in total. The van der Waals surface area contributed by atoms with Gasteiger partial charge >= 0.3 is 0 Å². The van der Waals surface area contributed by atoms with Crippen molar-refractivity contribution in [3.8, 4) is 11.1 Å². The molecule has 0 aliphatic carbocycles. The lowest BCUT2D eigenvalue weighted by molar-refractivity contribution is -0.106. The van der Waals surface area contributed by atoms with Crippen LogP contribution in [0.25, 0.3) is 16.8 Å². The summed E-state index contributed by atoms with van der Waals surface area (Å²) >= 11 is 5.99. The molecule has 0 aliphatic heterocycles. The third-order valence-electron chi connectivity index (χ3n) is 5.05. The number of carbonyl (C=O) groups excluding carboxylic acids is 1. The fourth-order valence-corrected chi connectivity index (χ4v) is 3.55. The van der Waals surface area contributed by atoms with Gasteiger partial charge in [0.15, 0.2) is 5.65 Å². The second kappa shape index (κ2) is 8.92. The number of anilines is 1. The molecule has 4 aromatic rings. The van der Waals surface area contributed by atoms with E-state index in [0.717, 1.165) is 24.3 Å². The number of aromatic nitrogens is 3. The number of carbonyl (C=O) groups is 1. The first-order valence-corrected chi connectivity index (χ1v) is 10.1. The van der Waals surface area contributed by atoms with Crippen LogP contribution in [-0.2, 0) is 0 Å². The van der Waals surface area contributed by atoms with Gasteiger partial charge < -0.3 is 16.2 Å². The number of pyridine rings is 1. The average Bonchev–Trinajstić information content (AvgIpc) is 3.17. The van der Waals surface area contributed by atoms with E-state index in [1.54, 1.807) is 0 Å². The van der Waals surface area contributed by atoms with Gasteiger partial charge in [0.25, 0.3) is 11.8 Å². The van der Waals surface area contributed by atoms with E-state index in [4.69, 9.17) is 17.3 Å². The van der Waals surface area contributed by atoms with E-state index in [1.807, 2.05) is 5.32 Å². The minimum atomic E-state index is -3.84. The molecule has 176 valence electrons. The Morgan fingerprint density at radius 1 is 1.18 bits per heavy atom. The highest BCUT2D eigenvalue weighted by Crippen LogP contribution is 2.32. The molecule has 1 amide bonds. The van der Waals surface area contributed by atoms with Gasteiger partial charge in [-0.05, 0) is 47.5 Å². The molecule has 0 saturated heterocycles.